The average Bonchev–Trinajstić information content (AvgIpc) is 1.99. The molecule has 3 heteroatoms. The van der Waals surface area contributed by atoms with E-state index in [1.807, 2.05) is 18.2 Å². The predicted octanol–water partition coefficient (Wildman–Crippen LogP) is 1.11. The molecule has 0 bridgehead atoms. The van der Waals surface area contributed by atoms with Crippen LogP contribution in [0.4, 0.5) is 5.82 Å². The highest BCUT2D eigenvalue weighted by Gasteiger charge is 2.12. The summed E-state index contributed by atoms with van der Waals surface area (Å²) in [5.74, 6) is 0.937. The number of anilines is 1. The maximum Gasteiger partial charge on any atom is 0.140 e. The first-order valence-corrected chi connectivity index (χ1v) is 3.88. The summed E-state index contributed by atoms with van der Waals surface area (Å²) >= 11 is 0. The number of hydrogen-bond donors (Lipinski definition) is 1. The topological polar surface area (TPSA) is 28.2 Å². The van der Waals surface area contributed by atoms with E-state index in [2.05, 4.69) is 15.4 Å². The van der Waals surface area contributed by atoms with E-state index in [9.17, 15) is 0 Å². The summed E-state index contributed by atoms with van der Waals surface area (Å²) in [6, 6.07) is 5.87. The highest BCUT2D eigenvalue weighted by Crippen LogP contribution is 2.08. The SMILES string of the molecule is c1ccc(NN2CCC2)nc1. The van der Waals surface area contributed by atoms with Crippen LogP contribution in [0.15, 0.2) is 24.4 Å². The van der Waals surface area contributed by atoms with E-state index in [4.69, 9.17) is 0 Å². The molecule has 0 radical (unpaired) electrons. The van der Waals surface area contributed by atoms with E-state index in [-0.39, 0.29) is 0 Å². The minimum atomic E-state index is 0.937. The van der Waals surface area contributed by atoms with Crippen molar-refractivity contribution in [1.29, 1.82) is 0 Å². The third-order valence-electron chi connectivity index (χ3n) is 1.79. The Labute approximate surface area is 66.0 Å². The Kier molecular flexibility index (Phi) is 1.73. The Hall–Kier alpha value is -1.09. The van der Waals surface area contributed by atoms with Crippen molar-refractivity contribution in [2.75, 3.05) is 18.5 Å². The maximum atomic E-state index is 4.15. The van der Waals surface area contributed by atoms with Crippen LogP contribution in [0.2, 0.25) is 0 Å². The van der Waals surface area contributed by atoms with Crippen LogP contribution < -0.4 is 5.43 Å². The Morgan fingerprint density at radius 3 is 2.82 bits per heavy atom. The lowest BCUT2D eigenvalue weighted by molar-refractivity contribution is 0.224. The molecule has 0 amide bonds. The van der Waals surface area contributed by atoms with E-state index in [1.54, 1.807) is 6.20 Å². The Morgan fingerprint density at radius 2 is 2.27 bits per heavy atom. The van der Waals surface area contributed by atoms with Gasteiger partial charge in [0.05, 0.1) is 0 Å². The van der Waals surface area contributed by atoms with Gasteiger partial charge in [0, 0.05) is 19.3 Å². The maximum absolute atomic E-state index is 4.15. The largest absolute Gasteiger partial charge is 0.303 e. The van der Waals surface area contributed by atoms with Gasteiger partial charge in [0.1, 0.15) is 5.82 Å². The molecule has 0 aliphatic carbocycles. The van der Waals surface area contributed by atoms with Gasteiger partial charge in [-0.3, -0.25) is 0 Å². The molecule has 2 rings (SSSR count). The number of pyridine rings is 1. The first-order valence-electron chi connectivity index (χ1n) is 3.88. The molecule has 58 valence electrons. The molecule has 1 saturated heterocycles. The van der Waals surface area contributed by atoms with Crippen LogP contribution in [0.1, 0.15) is 6.42 Å². The third-order valence-corrected chi connectivity index (χ3v) is 1.79. The molecular weight excluding hydrogens is 138 g/mol. The van der Waals surface area contributed by atoms with Crippen LogP contribution in [0.25, 0.3) is 0 Å². The number of nitrogens with one attached hydrogen (secondary N) is 1. The van der Waals surface area contributed by atoms with Gasteiger partial charge in [-0.1, -0.05) is 6.07 Å². The van der Waals surface area contributed by atoms with E-state index in [0.717, 1.165) is 18.9 Å². The molecule has 0 unspecified atom stereocenters. The van der Waals surface area contributed by atoms with E-state index < -0.39 is 0 Å². The van der Waals surface area contributed by atoms with Gasteiger partial charge >= 0.3 is 0 Å². The van der Waals surface area contributed by atoms with Gasteiger partial charge < -0.3 is 5.43 Å². The molecule has 11 heavy (non-hydrogen) atoms. The average molecular weight is 149 g/mol. The smallest absolute Gasteiger partial charge is 0.140 e. The molecule has 1 aliphatic rings. The van der Waals surface area contributed by atoms with Crippen LogP contribution in [0, 0.1) is 0 Å². The standard InChI is InChI=1S/C8H11N3/c1-2-5-9-8(4-1)10-11-6-3-7-11/h1-2,4-5H,3,6-7H2,(H,9,10). The normalized spacial score (nSPS) is 17.5. The molecule has 1 aliphatic heterocycles. The fourth-order valence-electron chi connectivity index (χ4n) is 1.02. The minimum absolute atomic E-state index is 0.937. The molecule has 1 N–H and O–H groups in total. The quantitative estimate of drug-likeness (QED) is 0.682. The molecule has 0 spiro atoms. The molecule has 1 aromatic rings. The number of rotatable bonds is 2. The highest BCUT2D eigenvalue weighted by atomic mass is 15.5. The van der Waals surface area contributed by atoms with Gasteiger partial charge in [-0.15, -0.1) is 0 Å². The lowest BCUT2D eigenvalue weighted by Crippen LogP contribution is -2.41. The molecule has 2 heterocycles. The summed E-state index contributed by atoms with van der Waals surface area (Å²) < 4.78 is 0. The van der Waals surface area contributed by atoms with Crippen molar-refractivity contribution >= 4 is 5.82 Å². The number of hydrazine groups is 1. The van der Waals surface area contributed by atoms with Crippen LogP contribution in [-0.4, -0.2) is 23.1 Å². The van der Waals surface area contributed by atoms with Gasteiger partial charge in [0.15, 0.2) is 0 Å². The van der Waals surface area contributed by atoms with Crippen LogP contribution in [-0.2, 0) is 0 Å². The first-order chi connectivity index (χ1) is 5.45. The molecule has 1 fully saturated rings. The molecule has 0 aromatic carbocycles. The molecule has 3 nitrogen and oxygen atoms in total. The van der Waals surface area contributed by atoms with Gasteiger partial charge in [0.2, 0.25) is 0 Å². The van der Waals surface area contributed by atoms with Gasteiger partial charge in [-0.05, 0) is 18.6 Å². The Balaban J connectivity index is 1.95. The van der Waals surface area contributed by atoms with E-state index in [1.165, 1.54) is 6.42 Å². The zero-order chi connectivity index (χ0) is 7.52. The summed E-state index contributed by atoms with van der Waals surface area (Å²) in [5, 5.41) is 2.16. The number of nitrogens with zero attached hydrogens (tertiary/aromatic N) is 2. The van der Waals surface area contributed by atoms with E-state index in [0.29, 0.717) is 0 Å². The van der Waals surface area contributed by atoms with Crippen molar-refractivity contribution in [3.05, 3.63) is 24.4 Å². The van der Waals surface area contributed by atoms with Crippen molar-refractivity contribution in [3.8, 4) is 0 Å². The fraction of sp³-hybridized carbons (Fsp3) is 0.375. The Bertz CT molecular complexity index is 218. The van der Waals surface area contributed by atoms with Crippen molar-refractivity contribution < 1.29 is 0 Å². The first kappa shape index (κ1) is 6.61. The second-order valence-corrected chi connectivity index (χ2v) is 2.67. The van der Waals surface area contributed by atoms with Gasteiger partial charge in [-0.2, -0.15) is 0 Å². The molecular formula is C8H11N3. The van der Waals surface area contributed by atoms with E-state index >= 15 is 0 Å². The summed E-state index contributed by atoms with van der Waals surface area (Å²) in [6.45, 7) is 2.27. The summed E-state index contributed by atoms with van der Waals surface area (Å²) in [6.07, 6.45) is 3.09. The van der Waals surface area contributed by atoms with Crippen molar-refractivity contribution in [1.82, 2.24) is 9.99 Å². The molecule has 0 atom stereocenters. The van der Waals surface area contributed by atoms with Crippen molar-refractivity contribution in [2.45, 2.75) is 6.42 Å². The minimum Gasteiger partial charge on any atom is -0.303 e. The molecule has 0 saturated carbocycles. The zero-order valence-corrected chi connectivity index (χ0v) is 6.33. The predicted molar refractivity (Wildman–Crippen MR) is 44.0 cm³/mol. The van der Waals surface area contributed by atoms with Gasteiger partial charge in [-0.25, -0.2) is 9.99 Å². The zero-order valence-electron chi connectivity index (χ0n) is 6.33. The van der Waals surface area contributed by atoms with Crippen LogP contribution in [0.3, 0.4) is 0 Å². The summed E-state index contributed by atoms with van der Waals surface area (Å²) in [5.41, 5.74) is 3.20. The lowest BCUT2D eigenvalue weighted by Gasteiger charge is -2.31. The molecule has 1 aromatic heterocycles. The summed E-state index contributed by atoms with van der Waals surface area (Å²) in [7, 11) is 0. The van der Waals surface area contributed by atoms with Crippen molar-refractivity contribution in [3.63, 3.8) is 0 Å². The Morgan fingerprint density at radius 1 is 1.36 bits per heavy atom. The van der Waals surface area contributed by atoms with Crippen molar-refractivity contribution in [2.24, 2.45) is 0 Å². The van der Waals surface area contributed by atoms with Crippen LogP contribution in [0.5, 0.6) is 0 Å². The lowest BCUT2D eigenvalue weighted by atomic mass is 10.3. The second kappa shape index (κ2) is 2.88. The second-order valence-electron chi connectivity index (χ2n) is 2.67. The summed E-state index contributed by atoms with van der Waals surface area (Å²) in [4.78, 5) is 4.15. The third kappa shape index (κ3) is 1.49. The van der Waals surface area contributed by atoms with Gasteiger partial charge in [0.25, 0.3) is 0 Å². The number of hydrogen-bond acceptors (Lipinski definition) is 3. The highest BCUT2D eigenvalue weighted by molar-refractivity contribution is 5.31. The van der Waals surface area contributed by atoms with Crippen LogP contribution >= 0.6 is 0 Å². The monoisotopic (exact) mass is 149 g/mol. The number of aromatic nitrogens is 1. The fourth-order valence-corrected chi connectivity index (χ4v) is 1.02.